The van der Waals surface area contributed by atoms with E-state index in [9.17, 15) is 4.79 Å². The van der Waals surface area contributed by atoms with Gasteiger partial charge in [0.1, 0.15) is 17.8 Å². The fourth-order valence-electron chi connectivity index (χ4n) is 4.47. The van der Waals surface area contributed by atoms with Gasteiger partial charge in [0.15, 0.2) is 0 Å². The van der Waals surface area contributed by atoms with Gasteiger partial charge in [0, 0.05) is 43.8 Å². The Kier molecular flexibility index (Phi) is 4.32. The van der Waals surface area contributed by atoms with Crippen LogP contribution in [0.5, 0.6) is 0 Å². The summed E-state index contributed by atoms with van der Waals surface area (Å²) in [5.74, 6) is 2.66. The van der Waals surface area contributed by atoms with Crippen molar-refractivity contribution < 1.29 is 4.79 Å². The Balaban J connectivity index is 1.41. The number of anilines is 1. The average molecular weight is 385 g/mol. The number of rotatable bonds is 2. The van der Waals surface area contributed by atoms with E-state index in [4.69, 9.17) is 0 Å². The number of likely N-dealkylation sites (tertiary alicyclic amines) is 1. The van der Waals surface area contributed by atoms with Gasteiger partial charge in [0.2, 0.25) is 0 Å². The van der Waals surface area contributed by atoms with Gasteiger partial charge in [0.25, 0.3) is 5.91 Å². The Bertz CT molecular complexity index is 909. The van der Waals surface area contributed by atoms with Gasteiger partial charge in [-0.3, -0.25) is 4.79 Å². The van der Waals surface area contributed by atoms with E-state index in [1.165, 1.54) is 6.42 Å². The largest absolute Gasteiger partial charge is 0.346 e. The van der Waals surface area contributed by atoms with Crippen LogP contribution in [0.1, 0.15) is 18.4 Å². The first-order valence-electron chi connectivity index (χ1n) is 9.63. The van der Waals surface area contributed by atoms with Crippen LogP contribution in [0.25, 0.3) is 11.0 Å². The van der Waals surface area contributed by atoms with Crippen molar-refractivity contribution in [2.75, 3.05) is 36.8 Å². The molecule has 2 atom stereocenters. The van der Waals surface area contributed by atoms with Crippen LogP contribution >= 0.6 is 11.8 Å². The molecule has 0 bridgehead atoms. The van der Waals surface area contributed by atoms with E-state index in [1.807, 2.05) is 17.3 Å². The number of thioether (sulfide) groups is 1. The Morgan fingerprint density at radius 1 is 1.30 bits per heavy atom. The summed E-state index contributed by atoms with van der Waals surface area (Å²) in [4.78, 5) is 30.1. The monoisotopic (exact) mass is 384 g/mol. The average Bonchev–Trinajstić information content (AvgIpc) is 3.33. The highest BCUT2D eigenvalue weighted by Gasteiger charge is 2.35. The number of nitrogens with zero attached hydrogens (tertiary/aromatic N) is 4. The van der Waals surface area contributed by atoms with Crippen LogP contribution in [-0.2, 0) is 4.79 Å². The molecular weight excluding hydrogens is 360 g/mol. The molecule has 27 heavy (non-hydrogen) atoms. The summed E-state index contributed by atoms with van der Waals surface area (Å²) in [5.41, 5.74) is 1.96. The summed E-state index contributed by atoms with van der Waals surface area (Å²) in [6.07, 6.45) is 7.88. The lowest BCUT2D eigenvalue weighted by Gasteiger charge is -2.36. The predicted octanol–water partition coefficient (Wildman–Crippen LogP) is 1.87. The third-order valence-corrected chi connectivity index (χ3v) is 6.94. The van der Waals surface area contributed by atoms with E-state index >= 15 is 0 Å². The van der Waals surface area contributed by atoms with Crippen LogP contribution in [0.3, 0.4) is 0 Å². The summed E-state index contributed by atoms with van der Waals surface area (Å²) in [7, 11) is 0. The van der Waals surface area contributed by atoms with E-state index in [0.29, 0.717) is 6.04 Å². The second-order valence-electron chi connectivity index (χ2n) is 7.58. The number of amides is 1. The fourth-order valence-corrected chi connectivity index (χ4v) is 5.43. The van der Waals surface area contributed by atoms with Crippen molar-refractivity contribution in [3.63, 3.8) is 0 Å². The SMILES string of the molecule is Cc1c[nH]c2ncnc(N3C=C(C(=O)N4CC[C@H]5CCN[C@H]5C4)SCC3)c12. The molecule has 2 N–H and O–H groups in total. The van der Waals surface area contributed by atoms with Crippen molar-refractivity contribution in [1.29, 1.82) is 0 Å². The molecule has 0 saturated carbocycles. The second kappa shape index (κ2) is 6.83. The van der Waals surface area contributed by atoms with Crippen molar-refractivity contribution in [2.24, 2.45) is 5.92 Å². The van der Waals surface area contributed by atoms with Crippen molar-refractivity contribution in [1.82, 2.24) is 25.2 Å². The van der Waals surface area contributed by atoms with Crippen molar-refractivity contribution in [2.45, 2.75) is 25.8 Å². The quantitative estimate of drug-likeness (QED) is 0.823. The van der Waals surface area contributed by atoms with Gasteiger partial charge in [-0.25, -0.2) is 9.97 Å². The van der Waals surface area contributed by atoms with Gasteiger partial charge in [-0.2, -0.15) is 0 Å². The molecule has 3 aliphatic heterocycles. The number of hydrogen-bond donors (Lipinski definition) is 2. The first-order chi connectivity index (χ1) is 13.2. The number of aromatic amines is 1. The smallest absolute Gasteiger partial charge is 0.261 e. The molecule has 2 aromatic rings. The minimum atomic E-state index is 0.160. The minimum absolute atomic E-state index is 0.160. The highest BCUT2D eigenvalue weighted by molar-refractivity contribution is 8.04. The Labute approximate surface area is 162 Å². The highest BCUT2D eigenvalue weighted by Crippen LogP contribution is 2.33. The van der Waals surface area contributed by atoms with Gasteiger partial charge in [0.05, 0.1) is 10.3 Å². The summed E-state index contributed by atoms with van der Waals surface area (Å²) in [6.45, 7) is 5.68. The Morgan fingerprint density at radius 2 is 2.22 bits per heavy atom. The number of nitrogens with one attached hydrogen (secondary N) is 2. The minimum Gasteiger partial charge on any atom is -0.346 e. The maximum absolute atomic E-state index is 13.1. The number of aryl methyl sites for hydroxylation is 1. The lowest BCUT2D eigenvalue weighted by molar-refractivity contribution is -0.128. The van der Waals surface area contributed by atoms with E-state index in [0.717, 1.165) is 71.6 Å². The molecule has 0 radical (unpaired) electrons. The zero-order valence-electron chi connectivity index (χ0n) is 15.4. The number of piperidine rings is 1. The fraction of sp³-hybridized carbons (Fsp3) is 0.526. The first kappa shape index (κ1) is 17.1. The van der Waals surface area contributed by atoms with E-state index in [2.05, 4.69) is 32.1 Å². The molecule has 7 nitrogen and oxygen atoms in total. The topological polar surface area (TPSA) is 77.2 Å². The van der Waals surface area contributed by atoms with Crippen molar-refractivity contribution >= 4 is 34.5 Å². The third kappa shape index (κ3) is 3.00. The molecule has 2 saturated heterocycles. The molecule has 3 aliphatic rings. The van der Waals surface area contributed by atoms with Gasteiger partial charge < -0.3 is 20.1 Å². The summed E-state index contributed by atoms with van der Waals surface area (Å²) >= 11 is 1.66. The molecule has 5 rings (SSSR count). The molecule has 0 aromatic carbocycles. The number of aromatic nitrogens is 3. The highest BCUT2D eigenvalue weighted by atomic mass is 32.2. The number of carbonyl (C=O) groups is 1. The lowest BCUT2D eigenvalue weighted by Crippen LogP contribution is -2.49. The molecule has 5 heterocycles. The van der Waals surface area contributed by atoms with Crippen molar-refractivity contribution in [3.05, 3.63) is 29.2 Å². The molecule has 0 aliphatic carbocycles. The normalized spacial score (nSPS) is 25.6. The number of H-pyrrole nitrogens is 1. The van der Waals surface area contributed by atoms with E-state index in [-0.39, 0.29) is 5.91 Å². The molecular formula is C19H24N6OS. The molecule has 8 heteroatoms. The van der Waals surface area contributed by atoms with Gasteiger partial charge >= 0.3 is 0 Å². The van der Waals surface area contributed by atoms with Gasteiger partial charge in [-0.15, -0.1) is 11.8 Å². The van der Waals surface area contributed by atoms with Gasteiger partial charge in [-0.1, -0.05) is 0 Å². The first-order valence-corrected chi connectivity index (χ1v) is 10.6. The van der Waals surface area contributed by atoms with Crippen LogP contribution in [0.15, 0.2) is 23.6 Å². The number of fused-ring (bicyclic) bond motifs is 2. The van der Waals surface area contributed by atoms with Crippen molar-refractivity contribution in [3.8, 4) is 0 Å². The zero-order valence-corrected chi connectivity index (χ0v) is 16.3. The number of carbonyl (C=O) groups excluding carboxylic acids is 1. The Hall–Kier alpha value is -2.06. The molecule has 2 aromatic heterocycles. The standard InChI is InChI=1S/C19H24N6OS/c1-12-8-21-17-16(12)18(23-11-22-17)24-6-7-27-15(10-24)19(26)25-5-3-13-2-4-20-14(13)9-25/h8,10-11,13-14,20H,2-7,9H2,1H3,(H,21,22,23)/t13-,14+/m1/s1. The Morgan fingerprint density at radius 3 is 3.15 bits per heavy atom. The van der Waals surface area contributed by atoms with Gasteiger partial charge in [-0.05, 0) is 37.8 Å². The maximum Gasteiger partial charge on any atom is 0.261 e. The summed E-state index contributed by atoms with van der Waals surface area (Å²) in [6, 6.07) is 0.469. The van der Waals surface area contributed by atoms with Crippen LogP contribution in [-0.4, -0.2) is 63.7 Å². The third-order valence-electron chi connectivity index (χ3n) is 5.96. The van der Waals surface area contributed by atoms with Crippen LogP contribution < -0.4 is 10.2 Å². The van der Waals surface area contributed by atoms with E-state index < -0.39 is 0 Å². The molecule has 0 spiro atoms. The zero-order chi connectivity index (χ0) is 18.4. The molecule has 1 amide bonds. The molecule has 0 unspecified atom stereocenters. The van der Waals surface area contributed by atoms with Crippen LogP contribution in [0.4, 0.5) is 5.82 Å². The van der Waals surface area contributed by atoms with Crippen LogP contribution in [0, 0.1) is 12.8 Å². The molecule has 142 valence electrons. The van der Waals surface area contributed by atoms with E-state index in [1.54, 1.807) is 18.1 Å². The lowest BCUT2D eigenvalue weighted by atomic mass is 9.92. The number of hydrogen-bond acceptors (Lipinski definition) is 6. The molecule has 2 fully saturated rings. The predicted molar refractivity (Wildman–Crippen MR) is 108 cm³/mol. The van der Waals surface area contributed by atoms with Crippen LogP contribution in [0.2, 0.25) is 0 Å². The summed E-state index contributed by atoms with van der Waals surface area (Å²) < 4.78 is 0. The second-order valence-corrected chi connectivity index (χ2v) is 8.71. The maximum atomic E-state index is 13.1. The summed E-state index contributed by atoms with van der Waals surface area (Å²) in [5, 5.41) is 4.58.